The van der Waals surface area contributed by atoms with E-state index >= 15 is 0 Å². The molecule has 0 atom stereocenters. The van der Waals surface area contributed by atoms with Crippen molar-refractivity contribution in [1.82, 2.24) is 0 Å². The Morgan fingerprint density at radius 3 is 2.11 bits per heavy atom. The lowest BCUT2D eigenvalue weighted by atomic mass is 10.2. The zero-order valence-electron chi connectivity index (χ0n) is 15.4. The molecule has 6 heteroatoms. The third-order valence-corrected chi connectivity index (χ3v) is 4.26. The third-order valence-electron chi connectivity index (χ3n) is 4.26. The molecule has 1 aliphatic carbocycles. The lowest BCUT2D eigenvalue weighted by Crippen LogP contribution is -2.14. The minimum absolute atomic E-state index is 0.0666. The van der Waals surface area contributed by atoms with Crippen LogP contribution < -0.4 is 20.1 Å². The van der Waals surface area contributed by atoms with Gasteiger partial charge < -0.3 is 20.1 Å². The predicted octanol–water partition coefficient (Wildman–Crippen LogP) is 3.84. The average molecular weight is 368 g/mol. The number of amides is 2. The summed E-state index contributed by atoms with van der Waals surface area (Å²) in [5, 5.41) is 5.72. The highest BCUT2D eigenvalue weighted by Gasteiger charge is 2.29. The molecular weight excluding hydrogens is 344 g/mol. The molecule has 2 amide bonds. The van der Waals surface area contributed by atoms with Gasteiger partial charge in [0.05, 0.1) is 13.7 Å². The van der Waals surface area contributed by atoms with E-state index in [2.05, 4.69) is 10.6 Å². The number of methoxy groups -OCH3 is 1. The fraction of sp³-hybridized carbons (Fsp3) is 0.333. The Morgan fingerprint density at radius 2 is 1.52 bits per heavy atom. The third kappa shape index (κ3) is 6.02. The van der Waals surface area contributed by atoms with Crippen LogP contribution in [0.25, 0.3) is 0 Å². The van der Waals surface area contributed by atoms with Crippen molar-refractivity contribution in [1.29, 1.82) is 0 Å². The van der Waals surface area contributed by atoms with Gasteiger partial charge in [0.15, 0.2) is 0 Å². The van der Waals surface area contributed by atoms with Crippen LogP contribution in [-0.4, -0.2) is 25.5 Å². The lowest BCUT2D eigenvalue weighted by molar-refractivity contribution is -0.117. The highest BCUT2D eigenvalue weighted by Crippen LogP contribution is 2.30. The number of hydrogen-bond donors (Lipinski definition) is 2. The van der Waals surface area contributed by atoms with Gasteiger partial charge in [-0.25, -0.2) is 0 Å². The Labute approximate surface area is 158 Å². The van der Waals surface area contributed by atoms with E-state index in [1.54, 1.807) is 31.4 Å². The van der Waals surface area contributed by atoms with Gasteiger partial charge in [0.1, 0.15) is 11.5 Å². The zero-order chi connectivity index (χ0) is 19.1. The van der Waals surface area contributed by atoms with Gasteiger partial charge in [-0.05, 0) is 67.8 Å². The maximum absolute atomic E-state index is 12.0. The van der Waals surface area contributed by atoms with Crippen molar-refractivity contribution < 1.29 is 19.1 Å². The zero-order valence-corrected chi connectivity index (χ0v) is 15.4. The summed E-state index contributed by atoms with van der Waals surface area (Å²) in [6.07, 6.45) is 2.94. The van der Waals surface area contributed by atoms with Gasteiger partial charge in [-0.2, -0.15) is 0 Å². The molecule has 2 aromatic rings. The molecule has 0 aromatic heterocycles. The number of nitrogens with one attached hydrogen (secondary N) is 2. The highest BCUT2D eigenvalue weighted by atomic mass is 16.5. The van der Waals surface area contributed by atoms with Gasteiger partial charge in [0.25, 0.3) is 0 Å². The van der Waals surface area contributed by atoms with Gasteiger partial charge in [0.2, 0.25) is 11.8 Å². The van der Waals surface area contributed by atoms with Crippen LogP contribution in [0.5, 0.6) is 11.5 Å². The highest BCUT2D eigenvalue weighted by molar-refractivity contribution is 5.95. The van der Waals surface area contributed by atoms with E-state index in [1.807, 2.05) is 24.3 Å². The number of carbonyl (C=O) groups is 2. The Balaban J connectivity index is 1.35. The van der Waals surface area contributed by atoms with Crippen LogP contribution in [0.2, 0.25) is 0 Å². The monoisotopic (exact) mass is 368 g/mol. The molecule has 142 valence electrons. The summed E-state index contributed by atoms with van der Waals surface area (Å²) in [5.41, 5.74) is 1.46. The number of carbonyl (C=O) groups excluding carboxylic acids is 2. The minimum atomic E-state index is -0.0666. The molecule has 1 aliphatic rings. The van der Waals surface area contributed by atoms with Crippen LogP contribution in [0.1, 0.15) is 25.7 Å². The van der Waals surface area contributed by atoms with Crippen molar-refractivity contribution in [3.05, 3.63) is 48.5 Å². The lowest BCUT2D eigenvalue weighted by Gasteiger charge is -2.09. The van der Waals surface area contributed by atoms with Crippen molar-refractivity contribution in [3.8, 4) is 11.5 Å². The molecule has 0 radical (unpaired) electrons. The number of rotatable bonds is 9. The van der Waals surface area contributed by atoms with E-state index in [-0.39, 0.29) is 17.7 Å². The van der Waals surface area contributed by atoms with Crippen LogP contribution in [0.4, 0.5) is 11.4 Å². The van der Waals surface area contributed by atoms with Gasteiger partial charge >= 0.3 is 0 Å². The number of ether oxygens (including phenoxy) is 2. The van der Waals surface area contributed by atoms with E-state index in [4.69, 9.17) is 9.47 Å². The van der Waals surface area contributed by atoms with Gasteiger partial charge in [-0.15, -0.1) is 0 Å². The van der Waals surface area contributed by atoms with E-state index in [1.165, 1.54) is 0 Å². The first-order valence-corrected chi connectivity index (χ1v) is 9.11. The summed E-state index contributed by atoms with van der Waals surface area (Å²) in [5.74, 6) is 1.70. The summed E-state index contributed by atoms with van der Waals surface area (Å²) in [6.45, 7) is 0.464. The largest absolute Gasteiger partial charge is 0.497 e. The Kier molecular flexibility index (Phi) is 6.30. The van der Waals surface area contributed by atoms with E-state index < -0.39 is 0 Å². The van der Waals surface area contributed by atoms with E-state index in [9.17, 15) is 9.59 Å². The van der Waals surface area contributed by atoms with Crippen LogP contribution in [0.3, 0.4) is 0 Å². The number of benzene rings is 2. The van der Waals surface area contributed by atoms with E-state index in [0.29, 0.717) is 25.1 Å². The molecule has 0 unspecified atom stereocenters. The first-order valence-electron chi connectivity index (χ1n) is 9.11. The first kappa shape index (κ1) is 18.8. The summed E-state index contributed by atoms with van der Waals surface area (Å²) < 4.78 is 10.7. The summed E-state index contributed by atoms with van der Waals surface area (Å²) >= 11 is 0. The predicted molar refractivity (Wildman–Crippen MR) is 104 cm³/mol. The second kappa shape index (κ2) is 9.07. The van der Waals surface area contributed by atoms with Crippen molar-refractivity contribution in [2.45, 2.75) is 25.7 Å². The molecule has 0 heterocycles. The minimum Gasteiger partial charge on any atom is -0.497 e. The Morgan fingerprint density at radius 1 is 0.926 bits per heavy atom. The second-order valence-corrected chi connectivity index (χ2v) is 6.52. The average Bonchev–Trinajstić information content (AvgIpc) is 3.53. The van der Waals surface area contributed by atoms with Crippen LogP contribution in [0, 0.1) is 5.92 Å². The molecule has 0 bridgehead atoms. The molecule has 3 rings (SSSR count). The number of anilines is 2. The topological polar surface area (TPSA) is 76.7 Å². The molecule has 1 fully saturated rings. The summed E-state index contributed by atoms with van der Waals surface area (Å²) in [7, 11) is 1.62. The van der Waals surface area contributed by atoms with Crippen LogP contribution >= 0.6 is 0 Å². The SMILES string of the molecule is COc1ccc(OCCCC(=O)Nc2ccc(NC(=O)C3CC3)cc2)cc1. The second-order valence-electron chi connectivity index (χ2n) is 6.52. The molecule has 2 aromatic carbocycles. The van der Waals surface area contributed by atoms with E-state index in [0.717, 1.165) is 30.0 Å². The molecular formula is C21H24N2O4. The standard InChI is InChI=1S/C21H24N2O4/c1-26-18-10-12-19(13-11-18)27-14-2-3-20(24)22-16-6-8-17(9-7-16)23-21(25)15-4-5-15/h6-13,15H,2-5,14H2,1H3,(H,22,24)(H,23,25). The molecule has 2 N–H and O–H groups in total. The van der Waals surface area contributed by atoms with Crippen molar-refractivity contribution in [3.63, 3.8) is 0 Å². The Bertz CT molecular complexity index is 768. The normalized spacial score (nSPS) is 12.9. The van der Waals surface area contributed by atoms with Crippen LogP contribution in [0.15, 0.2) is 48.5 Å². The number of hydrogen-bond acceptors (Lipinski definition) is 4. The maximum Gasteiger partial charge on any atom is 0.227 e. The molecule has 0 spiro atoms. The van der Waals surface area contributed by atoms with Crippen LogP contribution in [-0.2, 0) is 9.59 Å². The fourth-order valence-electron chi connectivity index (χ4n) is 2.54. The summed E-state index contributed by atoms with van der Waals surface area (Å²) in [4.78, 5) is 23.7. The molecule has 0 saturated heterocycles. The van der Waals surface area contributed by atoms with Gasteiger partial charge in [0, 0.05) is 23.7 Å². The molecule has 6 nitrogen and oxygen atoms in total. The van der Waals surface area contributed by atoms with Crippen molar-refractivity contribution in [2.75, 3.05) is 24.4 Å². The smallest absolute Gasteiger partial charge is 0.227 e. The maximum atomic E-state index is 12.0. The Hall–Kier alpha value is -3.02. The van der Waals surface area contributed by atoms with Gasteiger partial charge in [-0.1, -0.05) is 0 Å². The quantitative estimate of drug-likeness (QED) is 0.659. The van der Waals surface area contributed by atoms with Crippen molar-refractivity contribution in [2.24, 2.45) is 5.92 Å². The molecule has 0 aliphatic heterocycles. The molecule has 1 saturated carbocycles. The first-order chi connectivity index (χ1) is 13.1. The van der Waals surface area contributed by atoms with Crippen molar-refractivity contribution >= 4 is 23.2 Å². The van der Waals surface area contributed by atoms with Gasteiger partial charge in [-0.3, -0.25) is 9.59 Å². The fourth-order valence-corrected chi connectivity index (χ4v) is 2.54. The molecule has 27 heavy (non-hydrogen) atoms. The summed E-state index contributed by atoms with van der Waals surface area (Å²) in [6, 6.07) is 14.5.